The molecule has 2 aliphatic rings. The van der Waals surface area contributed by atoms with Crippen LogP contribution in [-0.4, -0.2) is 33.2 Å². The lowest BCUT2D eigenvalue weighted by atomic mass is 9.77. The van der Waals surface area contributed by atoms with Crippen LogP contribution in [0.15, 0.2) is 118 Å². The number of allylic oxidation sites excluding steroid dienone is 4. The molecule has 0 fully saturated rings. The second-order valence-electron chi connectivity index (χ2n) is 12.5. The second kappa shape index (κ2) is 16.7. The fourth-order valence-electron chi connectivity index (χ4n) is 6.41. The Bertz CT molecular complexity index is 1580. The van der Waals surface area contributed by atoms with Crippen LogP contribution in [0.25, 0.3) is 0 Å². The average Bonchev–Trinajstić information content (AvgIpc) is 3.08. The van der Waals surface area contributed by atoms with E-state index < -0.39 is 0 Å². The zero-order valence-corrected chi connectivity index (χ0v) is 27.7. The maximum absolute atomic E-state index is 13.5. The van der Waals surface area contributed by atoms with E-state index in [1.165, 1.54) is 0 Å². The summed E-state index contributed by atoms with van der Waals surface area (Å²) >= 11 is 0. The van der Waals surface area contributed by atoms with Gasteiger partial charge in [0.1, 0.15) is 24.7 Å². The molecule has 0 radical (unpaired) electrons. The number of Topliss-reactive ketones (excluding diaryl/α,β-unsaturated/α-hetero) is 2. The maximum Gasteiger partial charge on any atom is 0.168 e. The normalized spacial score (nSPS) is 19.1. The van der Waals surface area contributed by atoms with Gasteiger partial charge in [0, 0.05) is 25.7 Å². The molecule has 5 rings (SSSR count). The first-order valence-corrected chi connectivity index (χ1v) is 16.8. The minimum absolute atomic E-state index is 0.0208. The molecule has 2 atom stereocenters. The number of aliphatic hydroxyl groups is 2. The van der Waals surface area contributed by atoms with E-state index in [0.717, 1.165) is 35.1 Å². The molecule has 0 bridgehead atoms. The number of carbonyl (C=O) groups excluding carboxylic acids is 2. The number of aliphatic hydroxyl groups excluding tert-OH is 2. The number of rotatable bonds is 14. The van der Waals surface area contributed by atoms with Crippen molar-refractivity contribution in [3.8, 4) is 0 Å². The van der Waals surface area contributed by atoms with Crippen LogP contribution >= 0.6 is 0 Å². The quantitative estimate of drug-likeness (QED) is 0.133. The average molecular weight is 649 g/mol. The number of ketones is 2. The first kappa shape index (κ1) is 34.4. The largest absolute Gasteiger partial charge is 0.511 e. The molecule has 0 aromatic heterocycles. The van der Waals surface area contributed by atoms with Crippen LogP contribution in [0.1, 0.15) is 99.3 Å². The molecule has 2 aliphatic carbocycles. The first-order chi connectivity index (χ1) is 23.4. The highest BCUT2D eigenvalue weighted by Crippen LogP contribution is 2.39. The maximum atomic E-state index is 13.5. The Balaban J connectivity index is 1.29. The summed E-state index contributed by atoms with van der Waals surface area (Å²) in [5.41, 5.74) is 5.21. The Morgan fingerprint density at radius 2 is 1.04 bits per heavy atom. The summed E-state index contributed by atoms with van der Waals surface area (Å²) in [5, 5.41) is 30.8. The van der Waals surface area contributed by atoms with E-state index in [4.69, 9.17) is 9.68 Å². The summed E-state index contributed by atoms with van der Waals surface area (Å²) in [6.45, 7) is 4.54. The highest BCUT2D eigenvalue weighted by molar-refractivity contribution is 6.23. The molecule has 0 saturated heterocycles. The van der Waals surface area contributed by atoms with Crippen molar-refractivity contribution < 1.29 is 29.5 Å². The lowest BCUT2D eigenvalue weighted by molar-refractivity contribution is -0.117. The molecule has 250 valence electrons. The molecule has 0 spiro atoms. The molecule has 0 saturated carbocycles. The summed E-state index contributed by atoms with van der Waals surface area (Å²) in [6, 6.07) is 27.1. The van der Waals surface area contributed by atoms with Crippen molar-refractivity contribution in [2.75, 3.05) is 0 Å². The van der Waals surface area contributed by atoms with Gasteiger partial charge in [-0.15, -0.1) is 0 Å². The van der Waals surface area contributed by atoms with Gasteiger partial charge in [-0.2, -0.15) is 0 Å². The minimum atomic E-state index is -0.224. The van der Waals surface area contributed by atoms with Crippen molar-refractivity contribution in [2.24, 2.45) is 10.3 Å². The highest BCUT2D eigenvalue weighted by atomic mass is 16.6. The Kier molecular flexibility index (Phi) is 12.0. The lowest BCUT2D eigenvalue weighted by Gasteiger charge is -2.27. The summed E-state index contributed by atoms with van der Waals surface area (Å²) in [7, 11) is 0. The summed E-state index contributed by atoms with van der Waals surface area (Å²) in [6.07, 6.45) is 3.57. The molecule has 8 heteroatoms. The van der Waals surface area contributed by atoms with Crippen LogP contribution in [0.3, 0.4) is 0 Å². The fraction of sp³-hybridized carbons (Fsp3) is 0.350. The molecule has 2 N–H and O–H groups in total. The van der Waals surface area contributed by atoms with Crippen LogP contribution in [0.4, 0.5) is 0 Å². The number of nitrogens with zero attached hydrogens (tertiary/aromatic N) is 2. The van der Waals surface area contributed by atoms with Gasteiger partial charge in [-0.05, 0) is 46.9 Å². The van der Waals surface area contributed by atoms with E-state index in [2.05, 4.69) is 10.3 Å². The van der Waals surface area contributed by atoms with E-state index in [1.54, 1.807) is 0 Å². The molecular formula is C40H44N2O6. The van der Waals surface area contributed by atoms with Gasteiger partial charge in [0.05, 0.1) is 22.6 Å². The van der Waals surface area contributed by atoms with Gasteiger partial charge < -0.3 is 19.9 Å². The molecule has 3 aromatic rings. The summed E-state index contributed by atoms with van der Waals surface area (Å²) in [5.74, 6) is -0.739. The molecule has 3 aromatic carbocycles. The molecular weight excluding hydrogens is 604 g/mol. The summed E-state index contributed by atoms with van der Waals surface area (Å²) < 4.78 is 0. The van der Waals surface area contributed by atoms with Crippen LogP contribution < -0.4 is 0 Å². The SMILES string of the molecule is CCC/C(=N\OCc1ccccc1)C1=C(O)CC(c2cccc(C3CC(=O)C(/C(CCC)=N/OCc4ccccc4)=C(O)C3)c2)CC1=O. The van der Waals surface area contributed by atoms with Crippen molar-refractivity contribution >= 4 is 23.0 Å². The predicted molar refractivity (Wildman–Crippen MR) is 187 cm³/mol. The van der Waals surface area contributed by atoms with Gasteiger partial charge in [-0.25, -0.2) is 0 Å². The Morgan fingerprint density at radius 3 is 1.42 bits per heavy atom. The monoisotopic (exact) mass is 648 g/mol. The molecule has 0 aliphatic heterocycles. The summed E-state index contributed by atoms with van der Waals surface area (Å²) in [4.78, 5) is 38.1. The Hall–Kier alpha value is -4.98. The lowest BCUT2D eigenvalue weighted by Crippen LogP contribution is -2.25. The predicted octanol–water partition coefficient (Wildman–Crippen LogP) is 8.95. The van der Waals surface area contributed by atoms with E-state index in [-0.39, 0.29) is 72.1 Å². The first-order valence-electron chi connectivity index (χ1n) is 16.8. The van der Waals surface area contributed by atoms with Gasteiger partial charge in [0.15, 0.2) is 11.6 Å². The molecule has 0 heterocycles. The number of oxime groups is 2. The topological polar surface area (TPSA) is 118 Å². The van der Waals surface area contributed by atoms with E-state index >= 15 is 0 Å². The third-order valence-electron chi connectivity index (χ3n) is 8.78. The van der Waals surface area contributed by atoms with Crippen molar-refractivity contribution in [3.63, 3.8) is 0 Å². The van der Waals surface area contributed by atoms with Gasteiger partial charge in [0.2, 0.25) is 0 Å². The Labute approximate surface area is 282 Å². The zero-order chi connectivity index (χ0) is 33.9. The fourth-order valence-corrected chi connectivity index (χ4v) is 6.41. The molecule has 8 nitrogen and oxygen atoms in total. The third-order valence-corrected chi connectivity index (χ3v) is 8.78. The van der Waals surface area contributed by atoms with Crippen molar-refractivity contribution in [1.82, 2.24) is 0 Å². The van der Waals surface area contributed by atoms with Gasteiger partial charge in [-0.1, -0.05) is 122 Å². The molecule has 2 unspecified atom stereocenters. The van der Waals surface area contributed by atoms with Gasteiger partial charge in [0.25, 0.3) is 0 Å². The van der Waals surface area contributed by atoms with Crippen LogP contribution in [0.2, 0.25) is 0 Å². The number of hydrogen-bond acceptors (Lipinski definition) is 8. The van der Waals surface area contributed by atoms with Gasteiger partial charge >= 0.3 is 0 Å². The minimum Gasteiger partial charge on any atom is -0.511 e. The van der Waals surface area contributed by atoms with E-state index in [9.17, 15) is 19.8 Å². The van der Waals surface area contributed by atoms with Crippen molar-refractivity contribution in [1.29, 1.82) is 0 Å². The Morgan fingerprint density at radius 1 is 0.625 bits per heavy atom. The van der Waals surface area contributed by atoms with Crippen molar-refractivity contribution in [2.45, 2.75) is 90.3 Å². The van der Waals surface area contributed by atoms with E-state index in [0.29, 0.717) is 37.1 Å². The van der Waals surface area contributed by atoms with E-state index in [1.807, 2.05) is 98.8 Å². The number of benzene rings is 3. The highest BCUT2D eigenvalue weighted by Gasteiger charge is 2.34. The van der Waals surface area contributed by atoms with Crippen LogP contribution in [-0.2, 0) is 32.5 Å². The van der Waals surface area contributed by atoms with Crippen molar-refractivity contribution in [3.05, 3.63) is 130 Å². The van der Waals surface area contributed by atoms with Gasteiger partial charge in [-0.3, -0.25) is 9.59 Å². The zero-order valence-electron chi connectivity index (χ0n) is 27.7. The number of carbonyl (C=O) groups is 2. The number of hydrogen-bond donors (Lipinski definition) is 2. The third kappa shape index (κ3) is 8.68. The van der Waals surface area contributed by atoms with Crippen LogP contribution in [0, 0.1) is 0 Å². The standard InChI is InChI=1S/C40H44N2O6/c1-3-12-33(41-47-25-27-14-7-5-8-15-27)39-35(43)21-31(22-36(39)44)29-18-11-19-30(20-29)32-23-37(45)40(38(46)24-32)34(13-4-2)42-48-26-28-16-9-6-10-17-28/h5-11,14-20,31-32,43,45H,3-4,12-13,21-26H2,1-2H3/b41-33+,42-34+. The molecule has 0 amide bonds. The smallest absolute Gasteiger partial charge is 0.168 e. The van der Waals surface area contributed by atoms with Crippen LogP contribution in [0.5, 0.6) is 0 Å². The second-order valence-corrected chi connectivity index (χ2v) is 12.5. The molecule has 48 heavy (non-hydrogen) atoms.